The first kappa shape index (κ1) is 15.8. The topological polar surface area (TPSA) is 56.3 Å². The molecule has 1 unspecified atom stereocenters. The molecular formula is C18H26N4O2. The van der Waals surface area contributed by atoms with Gasteiger partial charge in [0.15, 0.2) is 0 Å². The maximum Gasteiger partial charge on any atom is 0.138 e. The predicted octanol–water partition coefficient (Wildman–Crippen LogP) is 2.55. The maximum atomic E-state index is 6.07. The quantitative estimate of drug-likeness (QED) is 0.815. The summed E-state index contributed by atoms with van der Waals surface area (Å²) >= 11 is 0. The SMILES string of the molecule is Cc1noc(C)c1CN1CCc2cnn(C)c2C1COCC1CC1. The van der Waals surface area contributed by atoms with Gasteiger partial charge in [0.25, 0.3) is 0 Å². The molecule has 6 nitrogen and oxygen atoms in total. The summed E-state index contributed by atoms with van der Waals surface area (Å²) in [6, 6.07) is 0.244. The van der Waals surface area contributed by atoms with Crippen LogP contribution in [0.15, 0.2) is 10.7 Å². The lowest BCUT2D eigenvalue weighted by atomic mass is 9.99. The van der Waals surface area contributed by atoms with Crippen molar-refractivity contribution in [2.75, 3.05) is 19.8 Å². The lowest BCUT2D eigenvalue weighted by Gasteiger charge is -2.36. The first-order chi connectivity index (χ1) is 11.6. The molecule has 0 spiro atoms. The fraction of sp³-hybridized carbons (Fsp3) is 0.667. The van der Waals surface area contributed by atoms with Gasteiger partial charge in [-0.3, -0.25) is 9.58 Å². The van der Waals surface area contributed by atoms with E-state index in [2.05, 4.69) is 15.2 Å². The number of nitrogens with zero attached hydrogens (tertiary/aromatic N) is 4. The Balaban J connectivity index is 1.55. The number of aromatic nitrogens is 3. The van der Waals surface area contributed by atoms with Crippen molar-refractivity contribution in [3.05, 3.63) is 34.5 Å². The summed E-state index contributed by atoms with van der Waals surface area (Å²) in [6.07, 6.45) is 5.69. The average molecular weight is 330 g/mol. The van der Waals surface area contributed by atoms with E-state index in [4.69, 9.17) is 9.26 Å². The Morgan fingerprint density at radius 1 is 1.29 bits per heavy atom. The van der Waals surface area contributed by atoms with Crippen molar-refractivity contribution in [3.63, 3.8) is 0 Å². The van der Waals surface area contributed by atoms with Gasteiger partial charge in [-0.25, -0.2) is 0 Å². The molecule has 2 aromatic heterocycles. The Hall–Kier alpha value is -1.66. The third-order valence-corrected chi connectivity index (χ3v) is 5.36. The van der Waals surface area contributed by atoms with Gasteiger partial charge in [-0.15, -0.1) is 0 Å². The van der Waals surface area contributed by atoms with E-state index in [1.807, 2.05) is 31.8 Å². The standard InChI is InChI=1S/C18H26N4O2/c1-12-16(13(2)24-20-12)9-22-7-6-15-8-19-21(3)18(15)17(22)11-23-10-14-4-5-14/h8,14,17H,4-7,9-11H2,1-3H3. The highest BCUT2D eigenvalue weighted by molar-refractivity contribution is 5.27. The van der Waals surface area contributed by atoms with E-state index in [-0.39, 0.29) is 6.04 Å². The van der Waals surface area contributed by atoms with Crippen LogP contribution in [0.3, 0.4) is 0 Å². The molecule has 0 aromatic carbocycles. The summed E-state index contributed by atoms with van der Waals surface area (Å²) in [6.45, 7) is 7.50. The molecule has 130 valence electrons. The molecule has 6 heteroatoms. The number of rotatable bonds is 6. The van der Waals surface area contributed by atoms with Crippen molar-refractivity contribution in [2.24, 2.45) is 13.0 Å². The van der Waals surface area contributed by atoms with Gasteiger partial charge in [0, 0.05) is 32.3 Å². The minimum Gasteiger partial charge on any atom is -0.379 e. The molecule has 1 saturated carbocycles. The molecule has 0 amide bonds. The van der Waals surface area contributed by atoms with Crippen molar-refractivity contribution >= 4 is 0 Å². The zero-order valence-electron chi connectivity index (χ0n) is 14.8. The second-order valence-electron chi connectivity index (χ2n) is 7.20. The van der Waals surface area contributed by atoms with Gasteiger partial charge >= 0.3 is 0 Å². The Kier molecular flexibility index (Phi) is 4.18. The molecule has 1 aliphatic heterocycles. The number of hydrogen-bond donors (Lipinski definition) is 0. The second kappa shape index (κ2) is 6.33. The van der Waals surface area contributed by atoms with Crippen LogP contribution in [0.2, 0.25) is 0 Å². The zero-order chi connectivity index (χ0) is 16.7. The molecule has 0 saturated heterocycles. The highest BCUT2D eigenvalue weighted by Crippen LogP contribution is 2.33. The molecule has 2 aromatic rings. The van der Waals surface area contributed by atoms with E-state index < -0.39 is 0 Å². The third kappa shape index (κ3) is 3.00. The molecule has 3 heterocycles. The van der Waals surface area contributed by atoms with Gasteiger partial charge in [0.2, 0.25) is 0 Å². The third-order valence-electron chi connectivity index (χ3n) is 5.36. The van der Waals surface area contributed by atoms with Crippen LogP contribution in [-0.2, 0) is 24.8 Å². The number of hydrogen-bond acceptors (Lipinski definition) is 5. The average Bonchev–Trinajstić information content (AvgIpc) is 3.25. The van der Waals surface area contributed by atoms with Crippen molar-refractivity contribution in [2.45, 2.75) is 45.7 Å². The fourth-order valence-corrected chi connectivity index (χ4v) is 3.64. The monoisotopic (exact) mass is 330 g/mol. The van der Waals surface area contributed by atoms with Gasteiger partial charge in [-0.05, 0) is 44.6 Å². The van der Waals surface area contributed by atoms with E-state index in [9.17, 15) is 0 Å². The Bertz CT molecular complexity index is 697. The van der Waals surface area contributed by atoms with Crippen LogP contribution in [0.25, 0.3) is 0 Å². The van der Waals surface area contributed by atoms with Crippen LogP contribution in [0.5, 0.6) is 0 Å². The molecule has 2 aliphatic rings. The molecule has 0 bridgehead atoms. The van der Waals surface area contributed by atoms with Crippen LogP contribution in [0.1, 0.15) is 47.2 Å². The Labute approximate surface area is 142 Å². The van der Waals surface area contributed by atoms with Crippen molar-refractivity contribution in [3.8, 4) is 0 Å². The van der Waals surface area contributed by atoms with Crippen molar-refractivity contribution < 1.29 is 9.26 Å². The van der Waals surface area contributed by atoms with Crippen LogP contribution < -0.4 is 0 Å². The molecule has 24 heavy (non-hydrogen) atoms. The van der Waals surface area contributed by atoms with Gasteiger partial charge in [-0.2, -0.15) is 5.10 Å². The fourth-order valence-electron chi connectivity index (χ4n) is 3.64. The summed E-state index contributed by atoms with van der Waals surface area (Å²) in [5.74, 6) is 1.71. The van der Waals surface area contributed by atoms with Crippen molar-refractivity contribution in [1.29, 1.82) is 0 Å². The number of fused-ring (bicyclic) bond motifs is 1. The van der Waals surface area contributed by atoms with E-state index >= 15 is 0 Å². The lowest BCUT2D eigenvalue weighted by molar-refractivity contribution is 0.0410. The predicted molar refractivity (Wildman–Crippen MR) is 89.6 cm³/mol. The highest BCUT2D eigenvalue weighted by atomic mass is 16.5. The second-order valence-corrected chi connectivity index (χ2v) is 7.20. The van der Waals surface area contributed by atoms with Gasteiger partial charge in [0.1, 0.15) is 5.76 Å². The van der Waals surface area contributed by atoms with E-state index in [1.54, 1.807) is 0 Å². The van der Waals surface area contributed by atoms with Crippen molar-refractivity contribution in [1.82, 2.24) is 19.8 Å². The summed E-state index contributed by atoms with van der Waals surface area (Å²) in [7, 11) is 2.03. The first-order valence-corrected chi connectivity index (χ1v) is 8.87. The minimum atomic E-state index is 0.244. The smallest absolute Gasteiger partial charge is 0.138 e. The maximum absolute atomic E-state index is 6.07. The van der Waals surface area contributed by atoms with Gasteiger partial charge < -0.3 is 9.26 Å². The van der Waals surface area contributed by atoms with Crippen LogP contribution in [0, 0.1) is 19.8 Å². The van der Waals surface area contributed by atoms with Crippen LogP contribution >= 0.6 is 0 Å². The number of aryl methyl sites for hydroxylation is 3. The molecule has 1 fully saturated rings. The van der Waals surface area contributed by atoms with Crippen LogP contribution in [-0.4, -0.2) is 39.6 Å². The molecule has 1 aliphatic carbocycles. The number of ether oxygens (including phenoxy) is 1. The summed E-state index contributed by atoms with van der Waals surface area (Å²) < 4.78 is 13.4. The molecule has 0 radical (unpaired) electrons. The zero-order valence-corrected chi connectivity index (χ0v) is 14.8. The summed E-state index contributed by atoms with van der Waals surface area (Å²) in [5, 5.41) is 8.58. The Morgan fingerprint density at radius 2 is 2.12 bits per heavy atom. The van der Waals surface area contributed by atoms with E-state index in [0.717, 1.165) is 50.1 Å². The van der Waals surface area contributed by atoms with Crippen LogP contribution in [0.4, 0.5) is 0 Å². The summed E-state index contributed by atoms with van der Waals surface area (Å²) in [5.41, 5.74) is 4.84. The minimum absolute atomic E-state index is 0.244. The first-order valence-electron chi connectivity index (χ1n) is 8.87. The highest BCUT2D eigenvalue weighted by Gasteiger charge is 2.32. The van der Waals surface area contributed by atoms with E-state index in [0.29, 0.717) is 0 Å². The largest absolute Gasteiger partial charge is 0.379 e. The lowest BCUT2D eigenvalue weighted by Crippen LogP contribution is -2.38. The summed E-state index contributed by atoms with van der Waals surface area (Å²) in [4.78, 5) is 2.49. The van der Waals surface area contributed by atoms with Gasteiger partial charge in [0.05, 0.1) is 30.2 Å². The Morgan fingerprint density at radius 3 is 2.83 bits per heavy atom. The van der Waals surface area contributed by atoms with E-state index in [1.165, 1.54) is 29.7 Å². The normalized spacial score (nSPS) is 21.2. The molecular weight excluding hydrogens is 304 g/mol. The molecule has 0 N–H and O–H groups in total. The van der Waals surface area contributed by atoms with Gasteiger partial charge in [-0.1, -0.05) is 5.16 Å². The molecule has 1 atom stereocenters. The molecule has 4 rings (SSSR count).